The molecule has 0 aromatic heterocycles. The van der Waals surface area contributed by atoms with E-state index in [4.69, 9.17) is 6.42 Å². The summed E-state index contributed by atoms with van der Waals surface area (Å²) in [6, 6.07) is 9.29. The van der Waals surface area contributed by atoms with E-state index in [2.05, 4.69) is 56.3 Å². The zero-order valence-electron chi connectivity index (χ0n) is 11.7. The van der Waals surface area contributed by atoms with E-state index in [0.717, 1.165) is 6.42 Å². The van der Waals surface area contributed by atoms with Crippen LogP contribution in [0.1, 0.15) is 50.8 Å². The molecule has 2 atom stereocenters. The minimum atomic E-state index is 0.167. The smallest absolute Gasteiger partial charge is 0.0689 e. The molecule has 1 nitrogen and oxygen atoms in total. The third kappa shape index (κ3) is 2.44. The predicted octanol–water partition coefficient (Wildman–Crippen LogP) is 3.70. The number of hydrogen-bond acceptors (Lipinski definition) is 1. The fourth-order valence-electron chi connectivity index (χ4n) is 2.87. The summed E-state index contributed by atoms with van der Waals surface area (Å²) in [6.45, 7) is 6.81. The Hall–Kier alpha value is -1.26. The standard InChI is InChI=1S/C17H23N/c1-5-14(6-2)18-16-15-10-8-7-9-13(15)11-12-17(16,3)4/h1,7-10,14,16,18H,6,11-12H2,2-4H3. The molecule has 0 heterocycles. The second-order valence-electron chi connectivity index (χ2n) is 5.91. The van der Waals surface area contributed by atoms with Gasteiger partial charge in [0.05, 0.1) is 6.04 Å². The molecule has 0 fully saturated rings. The Morgan fingerprint density at radius 2 is 2.17 bits per heavy atom. The number of hydrogen-bond donors (Lipinski definition) is 1. The SMILES string of the molecule is C#CC(CC)NC1c2ccccc2CCC1(C)C. The quantitative estimate of drug-likeness (QED) is 0.796. The van der Waals surface area contributed by atoms with Crippen molar-refractivity contribution in [1.29, 1.82) is 0 Å². The number of rotatable bonds is 3. The van der Waals surface area contributed by atoms with Crippen LogP contribution in [0.3, 0.4) is 0 Å². The Labute approximate surface area is 111 Å². The van der Waals surface area contributed by atoms with Crippen LogP contribution in [-0.2, 0) is 6.42 Å². The van der Waals surface area contributed by atoms with Crippen molar-refractivity contribution in [2.75, 3.05) is 0 Å². The van der Waals surface area contributed by atoms with Crippen LogP contribution in [0.15, 0.2) is 24.3 Å². The van der Waals surface area contributed by atoms with Crippen molar-refractivity contribution in [3.05, 3.63) is 35.4 Å². The molecular formula is C17H23N. The van der Waals surface area contributed by atoms with Crippen molar-refractivity contribution in [3.8, 4) is 12.3 Å². The summed E-state index contributed by atoms with van der Waals surface area (Å²) in [7, 11) is 0. The van der Waals surface area contributed by atoms with Gasteiger partial charge in [-0.15, -0.1) is 6.42 Å². The zero-order chi connectivity index (χ0) is 13.2. The molecule has 1 aromatic carbocycles. The van der Waals surface area contributed by atoms with E-state index < -0.39 is 0 Å². The Morgan fingerprint density at radius 1 is 1.44 bits per heavy atom. The van der Waals surface area contributed by atoms with Gasteiger partial charge < -0.3 is 0 Å². The molecule has 1 aliphatic rings. The van der Waals surface area contributed by atoms with E-state index in [0.29, 0.717) is 6.04 Å². The van der Waals surface area contributed by atoms with E-state index in [-0.39, 0.29) is 11.5 Å². The fourth-order valence-corrected chi connectivity index (χ4v) is 2.87. The number of aryl methyl sites for hydroxylation is 1. The van der Waals surface area contributed by atoms with Crippen LogP contribution in [0, 0.1) is 17.8 Å². The fraction of sp³-hybridized carbons (Fsp3) is 0.529. The van der Waals surface area contributed by atoms with Gasteiger partial charge in [-0.05, 0) is 35.8 Å². The molecule has 0 bridgehead atoms. The van der Waals surface area contributed by atoms with E-state index >= 15 is 0 Å². The summed E-state index contributed by atoms with van der Waals surface area (Å²) < 4.78 is 0. The van der Waals surface area contributed by atoms with Crippen LogP contribution >= 0.6 is 0 Å². The second kappa shape index (κ2) is 5.16. The van der Waals surface area contributed by atoms with Gasteiger partial charge in [-0.25, -0.2) is 0 Å². The maximum Gasteiger partial charge on any atom is 0.0689 e. The maximum atomic E-state index is 5.60. The largest absolute Gasteiger partial charge is 0.296 e. The Balaban J connectivity index is 2.33. The molecule has 0 saturated heterocycles. The van der Waals surface area contributed by atoms with Gasteiger partial charge in [0.15, 0.2) is 0 Å². The van der Waals surface area contributed by atoms with Crippen LogP contribution in [0.5, 0.6) is 0 Å². The first-order chi connectivity index (χ1) is 8.58. The van der Waals surface area contributed by atoms with E-state index in [1.54, 1.807) is 0 Å². The molecule has 1 aliphatic carbocycles. The minimum absolute atomic E-state index is 0.167. The first-order valence-electron chi connectivity index (χ1n) is 6.88. The molecular weight excluding hydrogens is 218 g/mol. The Bertz CT molecular complexity index is 453. The molecule has 0 spiro atoms. The highest BCUT2D eigenvalue weighted by Crippen LogP contribution is 2.43. The monoisotopic (exact) mass is 241 g/mol. The van der Waals surface area contributed by atoms with Crippen molar-refractivity contribution >= 4 is 0 Å². The van der Waals surface area contributed by atoms with Crippen LogP contribution < -0.4 is 5.32 Å². The lowest BCUT2D eigenvalue weighted by atomic mass is 9.70. The lowest BCUT2D eigenvalue weighted by Gasteiger charge is -2.41. The van der Waals surface area contributed by atoms with Crippen LogP contribution in [0.25, 0.3) is 0 Å². The number of benzene rings is 1. The summed E-state index contributed by atoms with van der Waals surface area (Å²) in [4.78, 5) is 0. The third-order valence-corrected chi connectivity index (χ3v) is 4.16. The van der Waals surface area contributed by atoms with Crippen molar-refractivity contribution < 1.29 is 0 Å². The highest BCUT2D eigenvalue weighted by molar-refractivity contribution is 5.34. The van der Waals surface area contributed by atoms with Crippen LogP contribution in [-0.4, -0.2) is 6.04 Å². The van der Waals surface area contributed by atoms with Crippen LogP contribution in [0.2, 0.25) is 0 Å². The molecule has 2 unspecified atom stereocenters. The lowest BCUT2D eigenvalue weighted by molar-refractivity contribution is 0.201. The first-order valence-corrected chi connectivity index (χ1v) is 6.88. The minimum Gasteiger partial charge on any atom is -0.296 e. The molecule has 0 aliphatic heterocycles. The van der Waals surface area contributed by atoms with E-state index in [1.807, 2.05) is 0 Å². The average molecular weight is 241 g/mol. The summed E-state index contributed by atoms with van der Waals surface area (Å²) in [5.41, 5.74) is 3.17. The molecule has 0 saturated carbocycles. The van der Waals surface area contributed by atoms with Crippen molar-refractivity contribution in [3.63, 3.8) is 0 Å². The lowest BCUT2D eigenvalue weighted by Crippen LogP contribution is -2.42. The number of nitrogens with one attached hydrogen (secondary N) is 1. The first kappa shape index (κ1) is 13.2. The summed E-state index contributed by atoms with van der Waals surface area (Å²) in [5, 5.41) is 3.67. The van der Waals surface area contributed by atoms with Gasteiger partial charge in [-0.3, -0.25) is 5.32 Å². The molecule has 1 heteroatoms. The third-order valence-electron chi connectivity index (χ3n) is 4.16. The second-order valence-corrected chi connectivity index (χ2v) is 5.91. The average Bonchev–Trinajstić information content (AvgIpc) is 2.38. The maximum absolute atomic E-state index is 5.60. The molecule has 96 valence electrons. The van der Waals surface area contributed by atoms with Crippen LogP contribution in [0.4, 0.5) is 0 Å². The summed E-state index contributed by atoms with van der Waals surface area (Å²) >= 11 is 0. The summed E-state index contributed by atoms with van der Waals surface area (Å²) in [5.74, 6) is 2.86. The molecule has 1 aromatic rings. The topological polar surface area (TPSA) is 12.0 Å². The Morgan fingerprint density at radius 3 is 2.83 bits per heavy atom. The van der Waals surface area contributed by atoms with Crippen molar-refractivity contribution in [2.45, 2.75) is 52.1 Å². The van der Waals surface area contributed by atoms with Crippen molar-refractivity contribution in [1.82, 2.24) is 5.32 Å². The molecule has 18 heavy (non-hydrogen) atoms. The van der Waals surface area contributed by atoms with Crippen molar-refractivity contribution in [2.24, 2.45) is 5.41 Å². The summed E-state index contributed by atoms with van der Waals surface area (Å²) in [6.07, 6.45) is 8.96. The van der Waals surface area contributed by atoms with Gasteiger partial charge in [0.2, 0.25) is 0 Å². The van der Waals surface area contributed by atoms with Gasteiger partial charge in [0, 0.05) is 6.04 Å². The highest BCUT2D eigenvalue weighted by atomic mass is 15.0. The van der Waals surface area contributed by atoms with Gasteiger partial charge in [-0.2, -0.15) is 0 Å². The van der Waals surface area contributed by atoms with Gasteiger partial charge in [0.1, 0.15) is 0 Å². The van der Waals surface area contributed by atoms with E-state index in [1.165, 1.54) is 24.0 Å². The molecule has 2 rings (SSSR count). The van der Waals surface area contributed by atoms with E-state index in [9.17, 15) is 0 Å². The highest BCUT2D eigenvalue weighted by Gasteiger charge is 2.36. The zero-order valence-corrected chi connectivity index (χ0v) is 11.7. The number of fused-ring (bicyclic) bond motifs is 1. The van der Waals surface area contributed by atoms with Gasteiger partial charge in [-0.1, -0.05) is 51.0 Å². The number of terminal acetylenes is 1. The molecule has 1 N–H and O–H groups in total. The Kier molecular flexibility index (Phi) is 3.78. The molecule has 0 amide bonds. The normalized spacial score (nSPS) is 22.9. The molecule has 0 radical (unpaired) electrons. The van der Waals surface area contributed by atoms with Gasteiger partial charge >= 0.3 is 0 Å². The predicted molar refractivity (Wildman–Crippen MR) is 77.3 cm³/mol. The van der Waals surface area contributed by atoms with Gasteiger partial charge in [0.25, 0.3) is 0 Å².